The number of carbonyl (C=O) groups is 3. The lowest BCUT2D eigenvalue weighted by Gasteiger charge is -2.06. The molecule has 0 saturated heterocycles. The summed E-state index contributed by atoms with van der Waals surface area (Å²) < 4.78 is 5.06. The summed E-state index contributed by atoms with van der Waals surface area (Å²) in [7, 11) is 0. The number of fused-ring (bicyclic) bond motifs is 1. The SMILES string of the molecule is Cc1ccc(CC(=O)OCC(=O)c2ccc3c(c2)CC(=O)N3)cc1. The number of Topliss-reactive ketones (excluding diaryl/α,β-unsaturated/α-hetero) is 1. The van der Waals surface area contributed by atoms with Gasteiger partial charge < -0.3 is 10.1 Å². The molecule has 5 heteroatoms. The number of hydrogen-bond acceptors (Lipinski definition) is 4. The van der Waals surface area contributed by atoms with E-state index < -0.39 is 5.97 Å². The third-order valence-corrected chi connectivity index (χ3v) is 3.89. The first-order valence-electron chi connectivity index (χ1n) is 7.68. The molecule has 0 atom stereocenters. The van der Waals surface area contributed by atoms with Crippen LogP contribution in [0, 0.1) is 6.92 Å². The molecule has 2 aromatic carbocycles. The Balaban J connectivity index is 1.55. The van der Waals surface area contributed by atoms with Gasteiger partial charge in [0.05, 0.1) is 12.8 Å². The summed E-state index contributed by atoms with van der Waals surface area (Å²) in [5, 5.41) is 2.71. The fourth-order valence-electron chi connectivity index (χ4n) is 2.56. The number of hydrogen-bond donors (Lipinski definition) is 1. The Kier molecular flexibility index (Phi) is 4.42. The molecule has 0 aliphatic carbocycles. The van der Waals surface area contributed by atoms with Gasteiger partial charge in [-0.15, -0.1) is 0 Å². The Labute approximate surface area is 139 Å². The van der Waals surface area contributed by atoms with E-state index in [0.29, 0.717) is 5.56 Å². The summed E-state index contributed by atoms with van der Waals surface area (Å²) in [5.41, 5.74) is 3.92. The average Bonchev–Trinajstić information content (AvgIpc) is 2.94. The standard InChI is InChI=1S/C19H17NO4/c1-12-2-4-13(5-3-12)8-19(23)24-11-17(21)14-6-7-16-15(9-14)10-18(22)20-16/h2-7,9H,8,10-11H2,1H3,(H,20,22). The van der Waals surface area contributed by atoms with Gasteiger partial charge in [-0.25, -0.2) is 0 Å². The summed E-state index contributed by atoms with van der Waals surface area (Å²) in [6, 6.07) is 12.6. The van der Waals surface area contributed by atoms with Crippen molar-refractivity contribution in [1.82, 2.24) is 0 Å². The highest BCUT2D eigenvalue weighted by atomic mass is 16.5. The van der Waals surface area contributed by atoms with Crippen LogP contribution in [-0.2, 0) is 27.2 Å². The first-order chi connectivity index (χ1) is 11.5. The molecule has 24 heavy (non-hydrogen) atoms. The van der Waals surface area contributed by atoms with E-state index in [-0.39, 0.29) is 31.1 Å². The molecule has 0 aromatic heterocycles. The van der Waals surface area contributed by atoms with Crippen molar-refractivity contribution in [3.8, 4) is 0 Å². The predicted molar refractivity (Wildman–Crippen MR) is 88.9 cm³/mol. The van der Waals surface area contributed by atoms with Crippen molar-refractivity contribution in [1.29, 1.82) is 0 Å². The number of ketones is 1. The van der Waals surface area contributed by atoms with Gasteiger partial charge in [0.15, 0.2) is 12.4 Å². The number of ether oxygens (including phenoxy) is 1. The second kappa shape index (κ2) is 6.66. The van der Waals surface area contributed by atoms with Crippen molar-refractivity contribution in [2.45, 2.75) is 19.8 Å². The number of esters is 1. The van der Waals surface area contributed by atoms with E-state index in [2.05, 4.69) is 5.32 Å². The summed E-state index contributed by atoms with van der Waals surface area (Å²) in [4.78, 5) is 35.3. The minimum absolute atomic E-state index is 0.0841. The Morgan fingerprint density at radius 3 is 2.62 bits per heavy atom. The zero-order valence-electron chi connectivity index (χ0n) is 13.3. The predicted octanol–water partition coefficient (Wildman–Crippen LogP) is 2.46. The Morgan fingerprint density at radius 2 is 1.88 bits per heavy atom. The zero-order valence-corrected chi connectivity index (χ0v) is 13.3. The van der Waals surface area contributed by atoms with Gasteiger partial charge in [-0.1, -0.05) is 29.8 Å². The fourth-order valence-corrected chi connectivity index (χ4v) is 2.56. The second-order valence-electron chi connectivity index (χ2n) is 5.84. The number of nitrogens with one attached hydrogen (secondary N) is 1. The van der Waals surface area contributed by atoms with E-state index in [9.17, 15) is 14.4 Å². The molecular weight excluding hydrogens is 306 g/mol. The molecule has 0 saturated carbocycles. The molecule has 1 N–H and O–H groups in total. The Hall–Kier alpha value is -2.95. The van der Waals surface area contributed by atoms with Crippen LogP contribution in [0.15, 0.2) is 42.5 Å². The minimum atomic E-state index is -0.440. The molecule has 0 unspecified atom stereocenters. The van der Waals surface area contributed by atoms with E-state index in [1.165, 1.54) is 0 Å². The Morgan fingerprint density at radius 1 is 1.12 bits per heavy atom. The number of benzene rings is 2. The van der Waals surface area contributed by atoms with Crippen LogP contribution in [0.4, 0.5) is 5.69 Å². The van der Waals surface area contributed by atoms with Crippen LogP contribution in [0.1, 0.15) is 27.0 Å². The molecule has 1 aliphatic rings. The maximum atomic E-state index is 12.1. The van der Waals surface area contributed by atoms with Crippen molar-refractivity contribution >= 4 is 23.3 Å². The summed E-state index contributed by atoms with van der Waals surface area (Å²) >= 11 is 0. The molecule has 0 spiro atoms. The monoisotopic (exact) mass is 323 g/mol. The molecule has 122 valence electrons. The molecule has 0 bridgehead atoms. The molecule has 5 nitrogen and oxygen atoms in total. The van der Waals surface area contributed by atoms with Crippen LogP contribution in [0.2, 0.25) is 0 Å². The molecule has 0 radical (unpaired) electrons. The van der Waals surface area contributed by atoms with E-state index >= 15 is 0 Å². The van der Waals surface area contributed by atoms with Crippen LogP contribution in [0.5, 0.6) is 0 Å². The number of anilines is 1. The van der Waals surface area contributed by atoms with Crippen LogP contribution < -0.4 is 5.32 Å². The van der Waals surface area contributed by atoms with Crippen LogP contribution in [-0.4, -0.2) is 24.3 Å². The van der Waals surface area contributed by atoms with Gasteiger partial charge >= 0.3 is 5.97 Å². The minimum Gasteiger partial charge on any atom is -0.457 e. The van der Waals surface area contributed by atoms with Crippen molar-refractivity contribution in [3.05, 3.63) is 64.7 Å². The van der Waals surface area contributed by atoms with Crippen LogP contribution in [0.25, 0.3) is 0 Å². The van der Waals surface area contributed by atoms with E-state index in [4.69, 9.17) is 4.74 Å². The van der Waals surface area contributed by atoms with Crippen molar-refractivity contribution < 1.29 is 19.1 Å². The van der Waals surface area contributed by atoms with Gasteiger partial charge in [0, 0.05) is 11.3 Å². The van der Waals surface area contributed by atoms with E-state index in [1.54, 1.807) is 18.2 Å². The third kappa shape index (κ3) is 3.68. The van der Waals surface area contributed by atoms with Crippen molar-refractivity contribution in [2.75, 3.05) is 11.9 Å². The quantitative estimate of drug-likeness (QED) is 0.678. The van der Waals surface area contributed by atoms with Gasteiger partial charge in [0.1, 0.15) is 0 Å². The van der Waals surface area contributed by atoms with Gasteiger partial charge in [0.2, 0.25) is 5.91 Å². The van der Waals surface area contributed by atoms with Crippen LogP contribution in [0.3, 0.4) is 0 Å². The lowest BCUT2D eigenvalue weighted by Crippen LogP contribution is -2.15. The molecule has 1 aliphatic heterocycles. The second-order valence-corrected chi connectivity index (χ2v) is 5.84. The van der Waals surface area contributed by atoms with Crippen molar-refractivity contribution in [2.24, 2.45) is 0 Å². The highest BCUT2D eigenvalue weighted by Crippen LogP contribution is 2.24. The first-order valence-corrected chi connectivity index (χ1v) is 7.68. The number of carbonyl (C=O) groups excluding carboxylic acids is 3. The number of amides is 1. The van der Waals surface area contributed by atoms with Crippen LogP contribution >= 0.6 is 0 Å². The van der Waals surface area contributed by atoms with Gasteiger partial charge in [-0.2, -0.15) is 0 Å². The molecule has 1 amide bonds. The molecule has 1 heterocycles. The number of aryl methyl sites for hydroxylation is 1. The maximum Gasteiger partial charge on any atom is 0.310 e. The summed E-state index contributed by atoms with van der Waals surface area (Å²) in [6.45, 7) is 1.67. The molecule has 0 fully saturated rings. The molecule has 3 rings (SSSR count). The van der Waals surface area contributed by atoms with Gasteiger partial charge in [0.25, 0.3) is 0 Å². The Bertz CT molecular complexity index is 809. The normalized spacial score (nSPS) is 12.5. The van der Waals surface area contributed by atoms with Gasteiger partial charge in [-0.3, -0.25) is 14.4 Å². The lowest BCUT2D eigenvalue weighted by molar-refractivity contribution is -0.141. The van der Waals surface area contributed by atoms with E-state index in [0.717, 1.165) is 22.4 Å². The zero-order chi connectivity index (χ0) is 17.1. The highest BCUT2D eigenvalue weighted by molar-refractivity contribution is 6.02. The first kappa shape index (κ1) is 15.9. The third-order valence-electron chi connectivity index (χ3n) is 3.89. The maximum absolute atomic E-state index is 12.1. The molecular formula is C19H17NO4. The van der Waals surface area contributed by atoms with E-state index in [1.807, 2.05) is 31.2 Å². The smallest absolute Gasteiger partial charge is 0.310 e. The molecule has 2 aromatic rings. The fraction of sp³-hybridized carbons (Fsp3) is 0.211. The lowest BCUT2D eigenvalue weighted by atomic mass is 10.1. The summed E-state index contributed by atoms with van der Waals surface area (Å²) in [5.74, 6) is -0.807. The highest BCUT2D eigenvalue weighted by Gasteiger charge is 2.19. The number of rotatable bonds is 5. The summed E-state index contributed by atoms with van der Waals surface area (Å²) in [6.07, 6.45) is 0.403. The topological polar surface area (TPSA) is 72.5 Å². The van der Waals surface area contributed by atoms with Gasteiger partial charge in [-0.05, 0) is 36.2 Å². The average molecular weight is 323 g/mol. The van der Waals surface area contributed by atoms with Crippen molar-refractivity contribution in [3.63, 3.8) is 0 Å². The largest absolute Gasteiger partial charge is 0.457 e.